The van der Waals surface area contributed by atoms with Gasteiger partial charge in [0.2, 0.25) is 0 Å². The second kappa shape index (κ2) is 7.53. The van der Waals surface area contributed by atoms with Gasteiger partial charge in [0.25, 0.3) is 0 Å². The van der Waals surface area contributed by atoms with E-state index in [1.807, 2.05) is 6.92 Å². The first-order chi connectivity index (χ1) is 6.61. The lowest BCUT2D eigenvalue weighted by atomic mass is 10.2. The Balaban J connectivity index is 4.07. The lowest BCUT2D eigenvalue weighted by Gasteiger charge is -2.15. The normalized spacial score (nSPS) is 15.4. The molecular formula is C10H18O4. The molecule has 4 heteroatoms. The topological polar surface area (TPSA) is 55.8 Å². The van der Waals surface area contributed by atoms with Crippen LogP contribution < -0.4 is 0 Å². The molecule has 0 saturated heterocycles. The molecule has 0 amide bonds. The van der Waals surface area contributed by atoms with Gasteiger partial charge >= 0.3 is 5.97 Å². The Morgan fingerprint density at radius 1 is 1.43 bits per heavy atom. The van der Waals surface area contributed by atoms with Crippen molar-refractivity contribution in [1.82, 2.24) is 0 Å². The average Bonchev–Trinajstić information content (AvgIpc) is 2.12. The minimum Gasteiger partial charge on any atom is -0.463 e. The van der Waals surface area contributed by atoms with Crippen LogP contribution in [0, 0.1) is 0 Å². The standard InChI is InChI=1S/C10H18O4/c1-4-13-9(8(3)11)6-7-10(12)14-5-2/h6-9,11H,4-5H2,1-3H3. The summed E-state index contributed by atoms with van der Waals surface area (Å²) >= 11 is 0. The van der Waals surface area contributed by atoms with Crippen molar-refractivity contribution in [2.24, 2.45) is 0 Å². The number of ether oxygens (including phenoxy) is 2. The van der Waals surface area contributed by atoms with Crippen molar-refractivity contribution in [1.29, 1.82) is 0 Å². The number of carbonyl (C=O) groups is 1. The Bertz CT molecular complexity index is 187. The summed E-state index contributed by atoms with van der Waals surface area (Å²) in [6, 6.07) is 0. The lowest BCUT2D eigenvalue weighted by Crippen LogP contribution is -2.24. The SMILES string of the molecule is CCOC(=O)C=CC(OCC)C(C)O. The zero-order chi connectivity index (χ0) is 11.0. The highest BCUT2D eigenvalue weighted by Gasteiger charge is 2.11. The maximum absolute atomic E-state index is 10.9. The van der Waals surface area contributed by atoms with E-state index in [0.717, 1.165) is 0 Å². The Hall–Kier alpha value is -0.870. The third-order valence-corrected chi connectivity index (χ3v) is 1.54. The van der Waals surface area contributed by atoms with Crippen molar-refractivity contribution in [2.45, 2.75) is 33.0 Å². The summed E-state index contributed by atoms with van der Waals surface area (Å²) in [6.45, 7) is 6.00. The number of hydrogen-bond donors (Lipinski definition) is 1. The number of rotatable bonds is 6. The Kier molecular flexibility index (Phi) is 7.06. The molecule has 2 unspecified atom stereocenters. The molecule has 0 heterocycles. The Morgan fingerprint density at radius 2 is 2.07 bits per heavy atom. The quantitative estimate of drug-likeness (QED) is 0.513. The van der Waals surface area contributed by atoms with Gasteiger partial charge in [-0.3, -0.25) is 0 Å². The predicted octanol–water partition coefficient (Wildman–Crippen LogP) is 0.892. The van der Waals surface area contributed by atoms with E-state index in [4.69, 9.17) is 4.74 Å². The number of aliphatic hydroxyl groups is 1. The van der Waals surface area contributed by atoms with Gasteiger partial charge < -0.3 is 14.6 Å². The zero-order valence-corrected chi connectivity index (χ0v) is 8.90. The maximum Gasteiger partial charge on any atom is 0.330 e. The molecule has 0 aliphatic rings. The van der Waals surface area contributed by atoms with E-state index in [1.54, 1.807) is 13.8 Å². The third-order valence-electron chi connectivity index (χ3n) is 1.54. The molecule has 0 saturated carbocycles. The van der Waals surface area contributed by atoms with E-state index in [9.17, 15) is 9.90 Å². The molecule has 14 heavy (non-hydrogen) atoms. The second-order valence-corrected chi connectivity index (χ2v) is 2.77. The molecule has 0 aromatic rings. The van der Waals surface area contributed by atoms with E-state index < -0.39 is 18.2 Å². The highest BCUT2D eigenvalue weighted by atomic mass is 16.5. The molecule has 2 atom stereocenters. The first-order valence-corrected chi connectivity index (χ1v) is 4.76. The summed E-state index contributed by atoms with van der Waals surface area (Å²) in [6.07, 6.45) is 1.69. The molecule has 0 fully saturated rings. The average molecular weight is 202 g/mol. The minimum absolute atomic E-state index is 0.344. The summed E-state index contributed by atoms with van der Waals surface area (Å²) < 4.78 is 9.87. The monoisotopic (exact) mass is 202 g/mol. The van der Waals surface area contributed by atoms with Crippen LogP contribution in [0.15, 0.2) is 12.2 Å². The predicted molar refractivity (Wildman–Crippen MR) is 52.9 cm³/mol. The molecule has 0 aromatic carbocycles. The summed E-state index contributed by atoms with van der Waals surface area (Å²) in [5.41, 5.74) is 0. The molecule has 0 radical (unpaired) electrons. The van der Waals surface area contributed by atoms with Gasteiger partial charge in [-0.1, -0.05) is 0 Å². The van der Waals surface area contributed by atoms with Crippen LogP contribution in [0.5, 0.6) is 0 Å². The van der Waals surface area contributed by atoms with Crippen molar-refractivity contribution >= 4 is 5.97 Å². The van der Waals surface area contributed by atoms with E-state index in [2.05, 4.69) is 4.74 Å². The lowest BCUT2D eigenvalue weighted by molar-refractivity contribution is -0.137. The minimum atomic E-state index is -0.638. The molecule has 0 rings (SSSR count). The van der Waals surface area contributed by atoms with Crippen LogP contribution >= 0.6 is 0 Å². The van der Waals surface area contributed by atoms with Crippen molar-refractivity contribution in [3.05, 3.63) is 12.2 Å². The third kappa shape index (κ3) is 5.72. The number of hydrogen-bond acceptors (Lipinski definition) is 4. The van der Waals surface area contributed by atoms with Crippen LogP contribution in [0.4, 0.5) is 0 Å². The van der Waals surface area contributed by atoms with Crippen molar-refractivity contribution in [3.63, 3.8) is 0 Å². The van der Waals surface area contributed by atoms with E-state index in [0.29, 0.717) is 13.2 Å². The van der Waals surface area contributed by atoms with E-state index in [1.165, 1.54) is 12.2 Å². The summed E-state index contributed by atoms with van der Waals surface area (Å²) in [4.78, 5) is 10.9. The number of aliphatic hydroxyl groups excluding tert-OH is 1. The molecule has 82 valence electrons. The zero-order valence-electron chi connectivity index (χ0n) is 8.90. The highest BCUT2D eigenvalue weighted by molar-refractivity contribution is 5.81. The molecule has 0 aromatic heterocycles. The van der Waals surface area contributed by atoms with Crippen LogP contribution in [0.2, 0.25) is 0 Å². The van der Waals surface area contributed by atoms with Gasteiger partial charge in [0.15, 0.2) is 0 Å². The highest BCUT2D eigenvalue weighted by Crippen LogP contribution is 2.01. The largest absolute Gasteiger partial charge is 0.463 e. The molecule has 0 bridgehead atoms. The van der Waals surface area contributed by atoms with Gasteiger partial charge in [0, 0.05) is 12.7 Å². The Morgan fingerprint density at radius 3 is 2.50 bits per heavy atom. The fourth-order valence-corrected chi connectivity index (χ4v) is 0.912. The summed E-state index contributed by atoms with van der Waals surface area (Å²) in [5, 5.41) is 9.26. The number of esters is 1. The van der Waals surface area contributed by atoms with Gasteiger partial charge in [0.05, 0.1) is 12.7 Å². The van der Waals surface area contributed by atoms with Crippen LogP contribution in [-0.2, 0) is 14.3 Å². The first kappa shape index (κ1) is 13.1. The summed E-state index contributed by atoms with van der Waals surface area (Å²) in [7, 11) is 0. The van der Waals surface area contributed by atoms with Crippen LogP contribution in [0.3, 0.4) is 0 Å². The molecule has 0 spiro atoms. The molecular weight excluding hydrogens is 184 g/mol. The first-order valence-electron chi connectivity index (χ1n) is 4.76. The van der Waals surface area contributed by atoms with Gasteiger partial charge in [-0.2, -0.15) is 0 Å². The van der Waals surface area contributed by atoms with Gasteiger partial charge in [-0.25, -0.2) is 4.79 Å². The molecule has 0 aliphatic carbocycles. The molecule has 1 N–H and O–H groups in total. The summed E-state index contributed by atoms with van der Waals surface area (Å²) in [5.74, 6) is -0.419. The second-order valence-electron chi connectivity index (χ2n) is 2.77. The maximum atomic E-state index is 10.9. The molecule has 4 nitrogen and oxygen atoms in total. The van der Waals surface area contributed by atoms with Crippen molar-refractivity contribution in [3.8, 4) is 0 Å². The van der Waals surface area contributed by atoms with Gasteiger partial charge in [0.1, 0.15) is 6.10 Å². The fraction of sp³-hybridized carbons (Fsp3) is 0.700. The van der Waals surface area contributed by atoms with Gasteiger partial charge in [-0.05, 0) is 26.8 Å². The Labute approximate surface area is 84.5 Å². The number of carbonyl (C=O) groups excluding carboxylic acids is 1. The fourth-order valence-electron chi connectivity index (χ4n) is 0.912. The van der Waals surface area contributed by atoms with Crippen LogP contribution in [-0.4, -0.2) is 36.5 Å². The van der Waals surface area contributed by atoms with Crippen molar-refractivity contribution < 1.29 is 19.4 Å². The smallest absolute Gasteiger partial charge is 0.330 e. The van der Waals surface area contributed by atoms with Crippen molar-refractivity contribution in [2.75, 3.05) is 13.2 Å². The molecule has 0 aliphatic heterocycles. The van der Waals surface area contributed by atoms with Crippen LogP contribution in [0.25, 0.3) is 0 Å². The van der Waals surface area contributed by atoms with E-state index >= 15 is 0 Å². The van der Waals surface area contributed by atoms with Gasteiger partial charge in [-0.15, -0.1) is 0 Å². The van der Waals surface area contributed by atoms with Crippen LogP contribution in [0.1, 0.15) is 20.8 Å². The van der Waals surface area contributed by atoms with E-state index in [-0.39, 0.29) is 0 Å².